The third kappa shape index (κ3) is 6.71. The predicted molar refractivity (Wildman–Crippen MR) is 103 cm³/mol. The smallest absolute Gasteiger partial charge is 0.191 e. The molecule has 1 aromatic carbocycles. The van der Waals surface area contributed by atoms with Crippen LogP contribution < -0.4 is 20.3 Å². The molecule has 134 valence electrons. The second-order valence-electron chi connectivity index (χ2n) is 5.67. The SMILES string of the molecule is CCNC(=NCc1cccc(N(C)C)n1)NCCOc1ccccc1. The zero-order valence-corrected chi connectivity index (χ0v) is 15.2. The summed E-state index contributed by atoms with van der Waals surface area (Å²) in [5.41, 5.74) is 0.934. The van der Waals surface area contributed by atoms with Crippen LogP contribution in [0.4, 0.5) is 5.82 Å². The Morgan fingerprint density at radius 2 is 1.88 bits per heavy atom. The fourth-order valence-corrected chi connectivity index (χ4v) is 2.16. The number of pyridine rings is 1. The first kappa shape index (κ1) is 18.6. The van der Waals surface area contributed by atoms with E-state index in [4.69, 9.17) is 4.74 Å². The molecule has 0 unspecified atom stereocenters. The average Bonchev–Trinajstić information content (AvgIpc) is 2.64. The molecule has 0 atom stereocenters. The molecule has 2 N–H and O–H groups in total. The number of nitrogens with one attached hydrogen (secondary N) is 2. The maximum absolute atomic E-state index is 5.68. The fourth-order valence-electron chi connectivity index (χ4n) is 2.16. The topological polar surface area (TPSA) is 61.8 Å². The van der Waals surface area contributed by atoms with Gasteiger partial charge in [0.2, 0.25) is 0 Å². The highest BCUT2D eigenvalue weighted by Gasteiger charge is 2.01. The summed E-state index contributed by atoms with van der Waals surface area (Å²) in [4.78, 5) is 11.1. The van der Waals surface area contributed by atoms with E-state index in [0.717, 1.165) is 29.8 Å². The van der Waals surface area contributed by atoms with Crippen molar-refractivity contribution in [2.24, 2.45) is 4.99 Å². The summed E-state index contributed by atoms with van der Waals surface area (Å²) in [7, 11) is 3.96. The molecule has 0 saturated carbocycles. The number of aromatic nitrogens is 1. The lowest BCUT2D eigenvalue weighted by molar-refractivity contribution is 0.322. The number of aliphatic imine (C=N–C) groups is 1. The summed E-state index contributed by atoms with van der Waals surface area (Å²) in [5, 5.41) is 6.51. The van der Waals surface area contributed by atoms with E-state index in [1.54, 1.807) is 0 Å². The van der Waals surface area contributed by atoms with Gasteiger partial charge in [-0.25, -0.2) is 9.98 Å². The molecule has 2 rings (SSSR count). The molecule has 0 saturated heterocycles. The molecule has 0 fully saturated rings. The van der Waals surface area contributed by atoms with Crippen molar-refractivity contribution in [1.29, 1.82) is 0 Å². The van der Waals surface area contributed by atoms with Gasteiger partial charge in [0.05, 0.1) is 18.8 Å². The molecule has 1 heterocycles. The van der Waals surface area contributed by atoms with Gasteiger partial charge in [0, 0.05) is 20.6 Å². The standard InChI is InChI=1S/C19H27N5O/c1-4-20-19(21-13-14-25-17-10-6-5-7-11-17)22-15-16-9-8-12-18(23-16)24(2)3/h5-12H,4,13-15H2,1-3H3,(H2,20,21,22). The minimum absolute atomic E-state index is 0.524. The van der Waals surface area contributed by atoms with Gasteiger partial charge in [-0.1, -0.05) is 24.3 Å². The van der Waals surface area contributed by atoms with Gasteiger partial charge >= 0.3 is 0 Å². The third-order valence-corrected chi connectivity index (χ3v) is 3.40. The summed E-state index contributed by atoms with van der Waals surface area (Å²) < 4.78 is 5.68. The molecule has 6 nitrogen and oxygen atoms in total. The van der Waals surface area contributed by atoms with E-state index >= 15 is 0 Å². The van der Waals surface area contributed by atoms with Crippen molar-refractivity contribution in [3.63, 3.8) is 0 Å². The number of ether oxygens (including phenoxy) is 1. The molecule has 0 amide bonds. The molecule has 6 heteroatoms. The van der Waals surface area contributed by atoms with E-state index in [1.165, 1.54) is 0 Å². The van der Waals surface area contributed by atoms with E-state index in [0.29, 0.717) is 19.7 Å². The third-order valence-electron chi connectivity index (χ3n) is 3.40. The predicted octanol–water partition coefficient (Wildman–Crippen LogP) is 2.28. The summed E-state index contributed by atoms with van der Waals surface area (Å²) in [6.07, 6.45) is 0. The maximum Gasteiger partial charge on any atom is 0.191 e. The van der Waals surface area contributed by atoms with E-state index in [9.17, 15) is 0 Å². The fraction of sp³-hybridized carbons (Fsp3) is 0.368. The molecule has 0 aliphatic heterocycles. The number of hydrogen-bond donors (Lipinski definition) is 2. The number of rotatable bonds is 8. The van der Waals surface area contributed by atoms with Gasteiger partial charge in [0.25, 0.3) is 0 Å². The van der Waals surface area contributed by atoms with Gasteiger partial charge in [0.15, 0.2) is 5.96 Å². The van der Waals surface area contributed by atoms with Gasteiger partial charge < -0.3 is 20.3 Å². The molecule has 2 aromatic rings. The molecular formula is C19H27N5O. The second-order valence-corrected chi connectivity index (χ2v) is 5.67. The number of guanidine groups is 1. The summed E-state index contributed by atoms with van der Waals surface area (Å²) >= 11 is 0. The van der Waals surface area contributed by atoms with Crippen molar-refractivity contribution in [2.75, 3.05) is 38.7 Å². The van der Waals surface area contributed by atoms with E-state index < -0.39 is 0 Å². The van der Waals surface area contributed by atoms with Gasteiger partial charge in [-0.3, -0.25) is 0 Å². The highest BCUT2D eigenvalue weighted by molar-refractivity contribution is 5.79. The molecule has 1 aromatic heterocycles. The van der Waals surface area contributed by atoms with Crippen LogP contribution in [-0.2, 0) is 6.54 Å². The lowest BCUT2D eigenvalue weighted by Gasteiger charge is -2.13. The first-order chi connectivity index (χ1) is 12.2. The zero-order valence-electron chi connectivity index (χ0n) is 15.2. The Bertz CT molecular complexity index is 658. The number of benzene rings is 1. The Balaban J connectivity index is 1.84. The largest absolute Gasteiger partial charge is 0.492 e. The molecule has 25 heavy (non-hydrogen) atoms. The summed E-state index contributed by atoms with van der Waals surface area (Å²) in [6.45, 7) is 4.62. The van der Waals surface area contributed by atoms with Crippen LogP contribution in [0.5, 0.6) is 5.75 Å². The molecular weight excluding hydrogens is 314 g/mol. The number of para-hydroxylation sites is 1. The molecule has 0 aliphatic rings. The normalized spacial score (nSPS) is 11.1. The number of anilines is 1. The quantitative estimate of drug-likeness (QED) is 0.438. The Hall–Kier alpha value is -2.76. The van der Waals surface area contributed by atoms with Crippen LogP contribution in [0.2, 0.25) is 0 Å². The Kier molecular flexibility index (Phi) is 7.56. The van der Waals surface area contributed by atoms with Crippen molar-refractivity contribution in [3.05, 3.63) is 54.2 Å². The summed E-state index contributed by atoms with van der Waals surface area (Å²) in [5.74, 6) is 2.56. The van der Waals surface area contributed by atoms with Gasteiger partial charge in [0.1, 0.15) is 18.2 Å². The van der Waals surface area contributed by atoms with Gasteiger partial charge in [-0.2, -0.15) is 0 Å². The second kappa shape index (κ2) is 10.2. The minimum atomic E-state index is 0.524. The zero-order chi connectivity index (χ0) is 17.9. The van der Waals surface area contributed by atoms with Crippen LogP contribution in [0, 0.1) is 0 Å². The molecule has 0 aliphatic carbocycles. The van der Waals surface area contributed by atoms with Crippen LogP contribution in [0.15, 0.2) is 53.5 Å². The number of hydrogen-bond acceptors (Lipinski definition) is 4. The van der Waals surface area contributed by atoms with Crippen molar-refractivity contribution < 1.29 is 4.74 Å². The van der Waals surface area contributed by atoms with E-state index in [2.05, 4.69) is 20.6 Å². The van der Waals surface area contributed by atoms with Crippen molar-refractivity contribution in [2.45, 2.75) is 13.5 Å². The van der Waals surface area contributed by atoms with Crippen LogP contribution >= 0.6 is 0 Å². The monoisotopic (exact) mass is 341 g/mol. The minimum Gasteiger partial charge on any atom is -0.492 e. The Morgan fingerprint density at radius 3 is 2.60 bits per heavy atom. The van der Waals surface area contributed by atoms with Crippen LogP contribution in [0.3, 0.4) is 0 Å². The lowest BCUT2D eigenvalue weighted by Crippen LogP contribution is -2.39. The highest BCUT2D eigenvalue weighted by atomic mass is 16.5. The van der Waals surface area contributed by atoms with Crippen LogP contribution in [0.1, 0.15) is 12.6 Å². The Labute approximate surface area is 149 Å². The first-order valence-corrected chi connectivity index (χ1v) is 8.52. The maximum atomic E-state index is 5.68. The van der Waals surface area contributed by atoms with Gasteiger partial charge in [-0.05, 0) is 31.2 Å². The van der Waals surface area contributed by atoms with Crippen molar-refractivity contribution in [1.82, 2.24) is 15.6 Å². The van der Waals surface area contributed by atoms with E-state index in [-0.39, 0.29) is 0 Å². The van der Waals surface area contributed by atoms with Crippen molar-refractivity contribution in [3.8, 4) is 5.75 Å². The molecule has 0 radical (unpaired) electrons. The van der Waals surface area contributed by atoms with Gasteiger partial charge in [-0.15, -0.1) is 0 Å². The molecule has 0 spiro atoms. The number of nitrogens with zero attached hydrogens (tertiary/aromatic N) is 3. The molecule has 0 bridgehead atoms. The Morgan fingerprint density at radius 1 is 1.08 bits per heavy atom. The van der Waals surface area contributed by atoms with Crippen LogP contribution in [0.25, 0.3) is 0 Å². The highest BCUT2D eigenvalue weighted by Crippen LogP contribution is 2.09. The van der Waals surface area contributed by atoms with Crippen LogP contribution in [-0.4, -0.2) is 44.7 Å². The summed E-state index contributed by atoms with van der Waals surface area (Å²) in [6, 6.07) is 15.8. The average molecular weight is 341 g/mol. The van der Waals surface area contributed by atoms with Crippen molar-refractivity contribution >= 4 is 11.8 Å². The van der Waals surface area contributed by atoms with E-state index in [1.807, 2.05) is 74.4 Å². The lowest BCUT2D eigenvalue weighted by atomic mass is 10.3. The first-order valence-electron chi connectivity index (χ1n) is 8.52.